The summed E-state index contributed by atoms with van der Waals surface area (Å²) in [5, 5.41) is 0. The van der Waals surface area contributed by atoms with Gasteiger partial charge in [0, 0.05) is 5.56 Å². The van der Waals surface area contributed by atoms with Gasteiger partial charge in [0.1, 0.15) is 11.6 Å². The Bertz CT molecular complexity index is 857. The van der Waals surface area contributed by atoms with Crippen LogP contribution in [0.25, 0.3) is 11.6 Å². The Morgan fingerprint density at radius 1 is 0.929 bits per heavy atom. The third kappa shape index (κ3) is 4.21. The predicted molar refractivity (Wildman–Crippen MR) is 113 cm³/mol. The molecule has 0 aromatic heterocycles. The zero-order valence-corrected chi connectivity index (χ0v) is 16.8. The van der Waals surface area contributed by atoms with E-state index in [-0.39, 0.29) is 11.6 Å². The van der Waals surface area contributed by atoms with E-state index in [2.05, 4.69) is 13.0 Å². The molecule has 2 aliphatic rings. The fraction of sp³-hybridized carbons (Fsp3) is 0.462. The lowest BCUT2D eigenvalue weighted by molar-refractivity contribution is 0.304. The highest BCUT2D eigenvalue weighted by atomic mass is 19.1. The van der Waals surface area contributed by atoms with Crippen LogP contribution in [0.3, 0.4) is 0 Å². The molecule has 4 rings (SSSR count). The highest BCUT2D eigenvalue weighted by Crippen LogP contribution is 2.39. The molecule has 1 fully saturated rings. The Morgan fingerprint density at radius 2 is 1.75 bits per heavy atom. The number of fused-ring (bicyclic) bond motifs is 1. The molecule has 0 atom stereocenters. The number of rotatable bonds is 5. The maximum Gasteiger partial charge on any atom is 0.130 e. The van der Waals surface area contributed by atoms with Gasteiger partial charge in [-0.05, 0) is 90.8 Å². The highest BCUT2D eigenvalue weighted by molar-refractivity contribution is 5.84. The maximum absolute atomic E-state index is 15.0. The summed E-state index contributed by atoms with van der Waals surface area (Å²) in [6, 6.07) is 10.7. The van der Waals surface area contributed by atoms with Gasteiger partial charge in [0.2, 0.25) is 0 Å². The molecule has 0 amide bonds. The summed E-state index contributed by atoms with van der Waals surface area (Å²) in [5.74, 6) is 1.00. The predicted octanol–water partition coefficient (Wildman–Crippen LogP) is 7.92. The number of hydrogen-bond donors (Lipinski definition) is 0. The molecule has 1 saturated carbocycles. The SMILES string of the molecule is CCCCC1CCC(c2ccc(C3=Cc4cc(F)ccc4CC3)c(F)c2)CC1. The molecule has 2 aromatic carbocycles. The normalized spacial score (nSPS) is 21.9. The molecule has 0 spiro atoms. The zero-order chi connectivity index (χ0) is 19.5. The molecule has 0 bridgehead atoms. The minimum atomic E-state index is -0.235. The minimum absolute atomic E-state index is 0.128. The third-order valence-electron chi connectivity index (χ3n) is 6.72. The lowest BCUT2D eigenvalue weighted by atomic mass is 9.76. The molecule has 0 saturated heterocycles. The Kier molecular flexibility index (Phi) is 5.94. The van der Waals surface area contributed by atoms with Crippen LogP contribution < -0.4 is 0 Å². The molecule has 0 N–H and O–H groups in total. The Balaban J connectivity index is 1.48. The number of unbranched alkanes of at least 4 members (excludes halogenated alkanes) is 1. The van der Waals surface area contributed by atoms with Crippen LogP contribution in [0.4, 0.5) is 8.78 Å². The number of aryl methyl sites for hydroxylation is 1. The summed E-state index contributed by atoms with van der Waals surface area (Å²) in [6.07, 6.45) is 12.5. The van der Waals surface area contributed by atoms with Gasteiger partial charge in [0.15, 0.2) is 0 Å². The van der Waals surface area contributed by atoms with Crippen LogP contribution in [0, 0.1) is 17.6 Å². The van der Waals surface area contributed by atoms with Gasteiger partial charge >= 0.3 is 0 Å². The Hall–Kier alpha value is -1.96. The van der Waals surface area contributed by atoms with Crippen molar-refractivity contribution < 1.29 is 8.78 Å². The third-order valence-corrected chi connectivity index (χ3v) is 6.72. The van der Waals surface area contributed by atoms with Crippen molar-refractivity contribution in [1.29, 1.82) is 0 Å². The molecule has 0 unspecified atom stereocenters. The average Bonchev–Trinajstić information content (AvgIpc) is 2.72. The van der Waals surface area contributed by atoms with Crippen LogP contribution in [-0.2, 0) is 6.42 Å². The second kappa shape index (κ2) is 8.59. The molecule has 0 heterocycles. The van der Waals surface area contributed by atoms with E-state index < -0.39 is 0 Å². The lowest BCUT2D eigenvalue weighted by Crippen LogP contribution is -2.13. The highest BCUT2D eigenvalue weighted by Gasteiger charge is 2.23. The van der Waals surface area contributed by atoms with E-state index in [4.69, 9.17) is 0 Å². The molecule has 0 nitrogen and oxygen atoms in total. The largest absolute Gasteiger partial charge is 0.207 e. The minimum Gasteiger partial charge on any atom is -0.207 e. The second-order valence-electron chi connectivity index (χ2n) is 8.61. The standard InChI is InChI=1S/C26H30F2/c1-2-3-4-18-5-7-19(8-6-18)21-12-14-25(26(28)17-21)22-10-9-20-11-13-24(27)16-23(20)15-22/h11-19H,2-10H2,1H3. The van der Waals surface area contributed by atoms with Crippen LogP contribution in [0.2, 0.25) is 0 Å². The topological polar surface area (TPSA) is 0 Å². The summed E-state index contributed by atoms with van der Waals surface area (Å²) in [6.45, 7) is 2.26. The van der Waals surface area contributed by atoms with Crippen molar-refractivity contribution in [2.75, 3.05) is 0 Å². The van der Waals surface area contributed by atoms with Gasteiger partial charge in [-0.2, -0.15) is 0 Å². The van der Waals surface area contributed by atoms with Gasteiger partial charge < -0.3 is 0 Å². The number of hydrogen-bond acceptors (Lipinski definition) is 0. The van der Waals surface area contributed by atoms with Crippen LogP contribution in [0.1, 0.15) is 86.5 Å². The number of allylic oxidation sites excluding steroid dienone is 1. The van der Waals surface area contributed by atoms with E-state index in [1.54, 1.807) is 12.1 Å². The van der Waals surface area contributed by atoms with Gasteiger partial charge in [-0.1, -0.05) is 50.5 Å². The molecule has 28 heavy (non-hydrogen) atoms. The molecular formula is C26H30F2. The van der Waals surface area contributed by atoms with E-state index in [9.17, 15) is 8.78 Å². The Labute approximate surface area is 167 Å². The van der Waals surface area contributed by atoms with E-state index in [1.807, 2.05) is 18.2 Å². The first kappa shape index (κ1) is 19.4. The molecule has 148 valence electrons. The quantitative estimate of drug-likeness (QED) is 0.494. The molecule has 2 heteroatoms. The van der Waals surface area contributed by atoms with Crippen molar-refractivity contribution in [2.24, 2.45) is 5.92 Å². The summed E-state index contributed by atoms with van der Waals surface area (Å²) >= 11 is 0. The summed E-state index contributed by atoms with van der Waals surface area (Å²) in [4.78, 5) is 0. The molecular weight excluding hydrogens is 350 g/mol. The molecule has 0 radical (unpaired) electrons. The maximum atomic E-state index is 15.0. The van der Waals surface area contributed by atoms with Gasteiger partial charge in [-0.25, -0.2) is 8.78 Å². The average molecular weight is 381 g/mol. The Morgan fingerprint density at radius 3 is 2.50 bits per heavy atom. The van der Waals surface area contributed by atoms with Crippen LogP contribution in [0.5, 0.6) is 0 Å². The fourth-order valence-electron chi connectivity index (χ4n) is 4.99. The molecule has 2 aromatic rings. The van der Waals surface area contributed by atoms with E-state index >= 15 is 0 Å². The summed E-state index contributed by atoms with van der Waals surface area (Å²) < 4.78 is 28.5. The second-order valence-corrected chi connectivity index (χ2v) is 8.61. The lowest BCUT2D eigenvalue weighted by Gasteiger charge is -2.29. The molecule has 0 aliphatic heterocycles. The first-order valence-corrected chi connectivity index (χ1v) is 10.9. The van der Waals surface area contributed by atoms with Gasteiger partial charge in [0.05, 0.1) is 0 Å². The smallest absolute Gasteiger partial charge is 0.130 e. The summed E-state index contributed by atoms with van der Waals surface area (Å²) in [5.41, 5.74) is 4.83. The van der Waals surface area contributed by atoms with Crippen molar-refractivity contribution in [1.82, 2.24) is 0 Å². The van der Waals surface area contributed by atoms with Crippen molar-refractivity contribution in [3.63, 3.8) is 0 Å². The van der Waals surface area contributed by atoms with E-state index in [1.165, 1.54) is 51.0 Å². The number of benzene rings is 2. The van der Waals surface area contributed by atoms with E-state index in [0.717, 1.165) is 41.0 Å². The van der Waals surface area contributed by atoms with E-state index in [0.29, 0.717) is 11.5 Å². The van der Waals surface area contributed by atoms with Crippen LogP contribution >= 0.6 is 0 Å². The number of halogens is 2. The van der Waals surface area contributed by atoms with Gasteiger partial charge in [0.25, 0.3) is 0 Å². The first-order valence-electron chi connectivity index (χ1n) is 10.9. The zero-order valence-electron chi connectivity index (χ0n) is 16.8. The van der Waals surface area contributed by atoms with Crippen LogP contribution in [-0.4, -0.2) is 0 Å². The fourth-order valence-corrected chi connectivity index (χ4v) is 4.99. The van der Waals surface area contributed by atoms with Gasteiger partial charge in [-0.3, -0.25) is 0 Å². The van der Waals surface area contributed by atoms with Crippen molar-refractivity contribution in [3.05, 3.63) is 70.3 Å². The summed E-state index contributed by atoms with van der Waals surface area (Å²) in [7, 11) is 0. The monoisotopic (exact) mass is 380 g/mol. The van der Waals surface area contributed by atoms with Gasteiger partial charge in [-0.15, -0.1) is 0 Å². The van der Waals surface area contributed by atoms with Crippen molar-refractivity contribution in [3.8, 4) is 0 Å². The molecule has 2 aliphatic carbocycles. The van der Waals surface area contributed by atoms with Crippen molar-refractivity contribution >= 4 is 11.6 Å². The first-order chi connectivity index (χ1) is 13.6. The van der Waals surface area contributed by atoms with Crippen LogP contribution in [0.15, 0.2) is 36.4 Å². The van der Waals surface area contributed by atoms with Crippen molar-refractivity contribution in [2.45, 2.75) is 70.6 Å².